The van der Waals surface area contributed by atoms with Gasteiger partial charge >= 0.3 is 6.03 Å². The maximum Gasteiger partial charge on any atom is 0.317 e. The van der Waals surface area contributed by atoms with Gasteiger partial charge in [0, 0.05) is 51.1 Å². The number of piperidine rings is 1. The molecule has 29 heavy (non-hydrogen) atoms. The van der Waals surface area contributed by atoms with Gasteiger partial charge in [0.1, 0.15) is 0 Å². The van der Waals surface area contributed by atoms with Crippen LogP contribution in [0.2, 0.25) is 0 Å². The van der Waals surface area contributed by atoms with Crippen LogP contribution in [0.1, 0.15) is 52.4 Å². The van der Waals surface area contributed by atoms with Gasteiger partial charge in [0.15, 0.2) is 5.79 Å². The van der Waals surface area contributed by atoms with E-state index in [4.69, 9.17) is 9.47 Å². The van der Waals surface area contributed by atoms with E-state index in [0.29, 0.717) is 25.2 Å². The number of amides is 2. The fraction of sp³-hybridized carbons (Fsp3) is 0.955. The van der Waals surface area contributed by atoms with Crippen molar-refractivity contribution >= 4 is 6.03 Å². The Hall–Kier alpha value is -0.890. The Kier molecular flexibility index (Phi) is 8.19. The minimum Gasteiger partial charge on any atom is -0.348 e. The molecule has 1 aliphatic carbocycles. The number of nitrogens with zero attached hydrogens (tertiary/aromatic N) is 3. The van der Waals surface area contributed by atoms with Gasteiger partial charge in [-0.1, -0.05) is 13.8 Å². The van der Waals surface area contributed by atoms with Crippen LogP contribution in [0, 0.1) is 5.92 Å². The lowest BCUT2D eigenvalue weighted by Crippen LogP contribution is -2.60. The zero-order valence-corrected chi connectivity index (χ0v) is 19.0. The number of fused-ring (bicyclic) bond motifs is 1. The van der Waals surface area contributed by atoms with Gasteiger partial charge < -0.3 is 24.6 Å². The van der Waals surface area contributed by atoms with Crippen molar-refractivity contribution in [1.29, 1.82) is 0 Å². The van der Waals surface area contributed by atoms with Crippen LogP contribution in [0.5, 0.6) is 0 Å². The maximum atomic E-state index is 13.0. The highest BCUT2D eigenvalue weighted by atomic mass is 16.7. The molecule has 7 heteroatoms. The van der Waals surface area contributed by atoms with Crippen LogP contribution in [0.4, 0.5) is 4.79 Å². The van der Waals surface area contributed by atoms with Crippen LogP contribution >= 0.6 is 0 Å². The van der Waals surface area contributed by atoms with Crippen molar-refractivity contribution in [3.63, 3.8) is 0 Å². The Bertz CT molecular complexity index is 524. The number of hydrogen-bond acceptors (Lipinski definition) is 5. The molecule has 2 saturated heterocycles. The molecule has 7 nitrogen and oxygen atoms in total. The number of likely N-dealkylation sites (tertiary alicyclic amines) is 1. The zero-order chi connectivity index (χ0) is 20.9. The lowest BCUT2D eigenvalue weighted by molar-refractivity contribution is -0.201. The molecule has 3 fully saturated rings. The monoisotopic (exact) mass is 410 g/mol. The summed E-state index contributed by atoms with van der Waals surface area (Å²) >= 11 is 0. The lowest BCUT2D eigenvalue weighted by atomic mass is 9.74. The lowest BCUT2D eigenvalue weighted by Gasteiger charge is -2.51. The fourth-order valence-electron chi connectivity index (χ4n) is 5.40. The van der Waals surface area contributed by atoms with Crippen molar-refractivity contribution in [2.45, 2.75) is 70.2 Å². The minimum atomic E-state index is -0.356. The normalized spacial score (nSPS) is 29.2. The largest absolute Gasteiger partial charge is 0.348 e. The van der Waals surface area contributed by atoms with Crippen molar-refractivity contribution < 1.29 is 14.3 Å². The highest BCUT2D eigenvalue weighted by Gasteiger charge is 2.49. The Morgan fingerprint density at radius 1 is 1.14 bits per heavy atom. The van der Waals surface area contributed by atoms with Crippen molar-refractivity contribution in [1.82, 2.24) is 20.0 Å². The Morgan fingerprint density at radius 3 is 2.55 bits per heavy atom. The SMILES string of the molecule is CCCN(CCN(C)C)C(=O)N[C@H]1CC2CC3(CC[C@H]2N(CCC)C1)OCCO3. The van der Waals surface area contributed by atoms with Crippen LogP contribution in [0.25, 0.3) is 0 Å². The van der Waals surface area contributed by atoms with Crippen LogP contribution in [0.3, 0.4) is 0 Å². The van der Waals surface area contributed by atoms with Crippen molar-refractivity contribution in [2.75, 3.05) is 60.0 Å². The van der Waals surface area contributed by atoms with Crippen molar-refractivity contribution in [3.8, 4) is 0 Å². The number of hydrogen-bond donors (Lipinski definition) is 1. The molecule has 0 aromatic rings. The molecule has 0 bridgehead atoms. The Balaban J connectivity index is 1.63. The van der Waals surface area contributed by atoms with Crippen molar-refractivity contribution in [2.24, 2.45) is 5.92 Å². The van der Waals surface area contributed by atoms with Gasteiger partial charge in [-0.05, 0) is 52.2 Å². The fourth-order valence-corrected chi connectivity index (χ4v) is 5.40. The van der Waals surface area contributed by atoms with Gasteiger partial charge in [0.2, 0.25) is 0 Å². The van der Waals surface area contributed by atoms with Gasteiger partial charge in [-0.15, -0.1) is 0 Å². The van der Waals surface area contributed by atoms with Gasteiger partial charge in [0.25, 0.3) is 0 Å². The van der Waals surface area contributed by atoms with E-state index in [1.807, 2.05) is 4.90 Å². The number of rotatable bonds is 8. The van der Waals surface area contributed by atoms with Crippen LogP contribution in [-0.4, -0.2) is 98.6 Å². The third kappa shape index (κ3) is 5.84. The summed E-state index contributed by atoms with van der Waals surface area (Å²) in [4.78, 5) is 19.7. The number of ether oxygens (including phenoxy) is 2. The first-order chi connectivity index (χ1) is 14.0. The van der Waals surface area contributed by atoms with Gasteiger partial charge in [0.05, 0.1) is 13.2 Å². The second kappa shape index (κ2) is 10.4. The van der Waals surface area contributed by atoms with Crippen LogP contribution < -0.4 is 5.32 Å². The summed E-state index contributed by atoms with van der Waals surface area (Å²) in [6.07, 6.45) is 6.25. The van der Waals surface area contributed by atoms with E-state index in [-0.39, 0.29) is 17.9 Å². The van der Waals surface area contributed by atoms with E-state index in [1.54, 1.807) is 0 Å². The molecule has 0 aromatic heterocycles. The topological polar surface area (TPSA) is 57.3 Å². The smallest absolute Gasteiger partial charge is 0.317 e. The molecule has 3 rings (SSSR count). The standard InChI is InChI=1S/C22H42N4O3/c1-5-9-25(12-11-24(3)4)21(27)23-19-15-18-16-22(28-13-14-29-22)8-7-20(18)26(17-19)10-6-2/h18-20H,5-17H2,1-4H3,(H,23,27)/t18?,19-,20+/m0/s1. The molecule has 3 atom stereocenters. The van der Waals surface area contributed by atoms with E-state index in [2.05, 4.69) is 43.1 Å². The summed E-state index contributed by atoms with van der Waals surface area (Å²) < 4.78 is 12.1. The summed E-state index contributed by atoms with van der Waals surface area (Å²) in [5, 5.41) is 3.37. The number of likely N-dealkylation sites (N-methyl/N-ethyl adjacent to an activating group) is 1. The molecular weight excluding hydrogens is 368 g/mol. The summed E-state index contributed by atoms with van der Waals surface area (Å²) in [5.41, 5.74) is 0. The highest BCUT2D eigenvalue weighted by Crippen LogP contribution is 2.44. The number of urea groups is 1. The predicted octanol–water partition coefficient (Wildman–Crippen LogP) is 2.37. The summed E-state index contributed by atoms with van der Waals surface area (Å²) in [7, 11) is 4.11. The minimum absolute atomic E-state index is 0.0903. The third-order valence-corrected chi connectivity index (χ3v) is 6.70. The third-order valence-electron chi connectivity index (χ3n) is 6.70. The number of nitrogens with one attached hydrogen (secondary N) is 1. The summed E-state index contributed by atoms with van der Waals surface area (Å²) in [6.45, 7) is 10.3. The summed E-state index contributed by atoms with van der Waals surface area (Å²) in [5.74, 6) is 0.166. The van der Waals surface area contributed by atoms with Gasteiger partial charge in [-0.3, -0.25) is 4.90 Å². The molecule has 0 radical (unpaired) electrons. The number of carbonyl (C=O) groups is 1. The van der Waals surface area contributed by atoms with E-state index >= 15 is 0 Å². The quantitative estimate of drug-likeness (QED) is 0.666. The average Bonchev–Trinajstić information content (AvgIpc) is 3.12. The van der Waals surface area contributed by atoms with Crippen LogP contribution in [-0.2, 0) is 9.47 Å². The first-order valence-electron chi connectivity index (χ1n) is 11.7. The molecule has 1 spiro atoms. The predicted molar refractivity (Wildman–Crippen MR) is 115 cm³/mol. The number of carbonyl (C=O) groups excluding carboxylic acids is 1. The van der Waals surface area contributed by atoms with Crippen molar-refractivity contribution in [3.05, 3.63) is 0 Å². The first-order valence-corrected chi connectivity index (χ1v) is 11.7. The van der Waals surface area contributed by atoms with E-state index in [1.165, 1.54) is 0 Å². The molecule has 1 unspecified atom stereocenters. The Morgan fingerprint density at radius 2 is 1.90 bits per heavy atom. The molecule has 3 aliphatic rings. The Labute approximate surface area is 177 Å². The van der Waals surface area contributed by atoms with E-state index in [0.717, 1.165) is 71.2 Å². The van der Waals surface area contributed by atoms with E-state index in [9.17, 15) is 4.79 Å². The van der Waals surface area contributed by atoms with Crippen LogP contribution in [0.15, 0.2) is 0 Å². The maximum absolute atomic E-state index is 13.0. The van der Waals surface area contributed by atoms with Gasteiger partial charge in [-0.25, -0.2) is 4.79 Å². The molecule has 0 aromatic carbocycles. The van der Waals surface area contributed by atoms with E-state index < -0.39 is 0 Å². The summed E-state index contributed by atoms with van der Waals surface area (Å²) in [6, 6.07) is 0.889. The molecule has 168 valence electrons. The molecule has 1 saturated carbocycles. The molecule has 2 aliphatic heterocycles. The highest BCUT2D eigenvalue weighted by molar-refractivity contribution is 5.74. The second-order valence-corrected chi connectivity index (χ2v) is 9.35. The molecule has 2 amide bonds. The average molecular weight is 411 g/mol. The molecule has 1 N–H and O–H groups in total. The zero-order valence-electron chi connectivity index (χ0n) is 19.0. The van der Waals surface area contributed by atoms with Gasteiger partial charge in [-0.2, -0.15) is 0 Å². The second-order valence-electron chi connectivity index (χ2n) is 9.35. The molecule has 2 heterocycles. The molecular formula is C22H42N4O3. The first kappa shape index (κ1) is 22.8.